The van der Waals surface area contributed by atoms with Crippen molar-refractivity contribution in [2.45, 2.75) is 31.8 Å². The minimum atomic E-state index is -0.289. The lowest BCUT2D eigenvalue weighted by molar-refractivity contribution is 0.0451. The lowest BCUT2D eigenvalue weighted by atomic mass is 9.86. The number of nitrogens with zero attached hydrogens (tertiary/aromatic N) is 3. The first-order valence-corrected chi connectivity index (χ1v) is 8.15. The third kappa shape index (κ3) is 3.32. The Kier molecular flexibility index (Phi) is 4.52. The summed E-state index contributed by atoms with van der Waals surface area (Å²) < 4.78 is 1.72. The lowest BCUT2D eigenvalue weighted by Gasteiger charge is -2.31. The quantitative estimate of drug-likeness (QED) is 0.906. The van der Waals surface area contributed by atoms with Crippen molar-refractivity contribution in [1.29, 1.82) is 0 Å². The maximum atomic E-state index is 12.8. The second kappa shape index (κ2) is 6.58. The first-order chi connectivity index (χ1) is 11.1. The van der Waals surface area contributed by atoms with Crippen molar-refractivity contribution in [3.63, 3.8) is 0 Å². The van der Waals surface area contributed by atoms with Gasteiger partial charge in [0.15, 0.2) is 0 Å². The first-order valence-electron chi connectivity index (χ1n) is 8.15. The molecule has 1 amide bonds. The van der Waals surface area contributed by atoms with Crippen molar-refractivity contribution in [3.8, 4) is 11.1 Å². The molecule has 2 heterocycles. The zero-order valence-corrected chi connectivity index (χ0v) is 13.7. The SMILES string of the molecule is CN(CC1CCCCC1O)C(=O)c1c[nH]cc1-c1cnn(C)c1. The van der Waals surface area contributed by atoms with E-state index >= 15 is 0 Å². The molecule has 124 valence electrons. The second-order valence-electron chi connectivity index (χ2n) is 6.48. The number of aromatic amines is 1. The maximum absolute atomic E-state index is 12.8. The van der Waals surface area contributed by atoms with Gasteiger partial charge in [0.2, 0.25) is 0 Å². The molecule has 1 aliphatic rings. The number of aliphatic hydroxyl groups excluding tert-OH is 1. The van der Waals surface area contributed by atoms with Crippen LogP contribution in [0.25, 0.3) is 11.1 Å². The van der Waals surface area contributed by atoms with E-state index in [9.17, 15) is 9.90 Å². The van der Waals surface area contributed by atoms with E-state index < -0.39 is 0 Å². The third-order valence-corrected chi connectivity index (χ3v) is 4.72. The fourth-order valence-electron chi connectivity index (χ4n) is 3.38. The highest BCUT2D eigenvalue weighted by Crippen LogP contribution is 2.27. The van der Waals surface area contributed by atoms with Crippen LogP contribution in [-0.2, 0) is 7.05 Å². The number of rotatable bonds is 4. The summed E-state index contributed by atoms with van der Waals surface area (Å²) >= 11 is 0. The van der Waals surface area contributed by atoms with Crippen molar-refractivity contribution < 1.29 is 9.90 Å². The summed E-state index contributed by atoms with van der Waals surface area (Å²) in [4.78, 5) is 17.5. The smallest absolute Gasteiger partial charge is 0.255 e. The minimum absolute atomic E-state index is 0.0251. The number of aromatic nitrogens is 3. The molecule has 23 heavy (non-hydrogen) atoms. The van der Waals surface area contributed by atoms with Gasteiger partial charge in [0.25, 0.3) is 5.91 Å². The van der Waals surface area contributed by atoms with E-state index in [0.29, 0.717) is 12.1 Å². The molecular weight excluding hydrogens is 292 g/mol. The van der Waals surface area contributed by atoms with E-state index in [4.69, 9.17) is 0 Å². The molecule has 2 unspecified atom stereocenters. The van der Waals surface area contributed by atoms with Crippen molar-refractivity contribution in [3.05, 3.63) is 30.4 Å². The lowest BCUT2D eigenvalue weighted by Crippen LogP contribution is -2.38. The number of amides is 1. The average molecular weight is 316 g/mol. The normalized spacial score (nSPS) is 21.3. The zero-order chi connectivity index (χ0) is 16.4. The average Bonchev–Trinajstić information content (AvgIpc) is 3.17. The Hall–Kier alpha value is -2.08. The van der Waals surface area contributed by atoms with E-state index in [1.165, 1.54) is 0 Å². The van der Waals surface area contributed by atoms with Crippen molar-refractivity contribution in [2.75, 3.05) is 13.6 Å². The van der Waals surface area contributed by atoms with Crippen LogP contribution in [-0.4, -0.2) is 50.4 Å². The van der Waals surface area contributed by atoms with Crippen LogP contribution in [0.15, 0.2) is 24.8 Å². The number of nitrogens with one attached hydrogen (secondary N) is 1. The molecule has 2 aromatic rings. The molecule has 3 rings (SSSR count). The zero-order valence-electron chi connectivity index (χ0n) is 13.7. The van der Waals surface area contributed by atoms with Gasteiger partial charge in [-0.05, 0) is 12.8 Å². The van der Waals surface area contributed by atoms with E-state index in [2.05, 4.69) is 10.1 Å². The van der Waals surface area contributed by atoms with Gasteiger partial charge in [-0.1, -0.05) is 12.8 Å². The van der Waals surface area contributed by atoms with Crippen LogP contribution in [0.5, 0.6) is 0 Å². The number of H-pyrrole nitrogens is 1. The van der Waals surface area contributed by atoms with E-state index in [-0.39, 0.29) is 17.9 Å². The van der Waals surface area contributed by atoms with Gasteiger partial charge in [-0.3, -0.25) is 9.48 Å². The molecule has 0 bridgehead atoms. The first kappa shape index (κ1) is 15.8. The summed E-state index contributed by atoms with van der Waals surface area (Å²) in [6, 6.07) is 0. The number of aryl methyl sites for hydroxylation is 1. The Balaban J connectivity index is 1.74. The second-order valence-corrected chi connectivity index (χ2v) is 6.48. The van der Waals surface area contributed by atoms with E-state index in [0.717, 1.165) is 36.8 Å². The molecule has 1 fully saturated rings. The van der Waals surface area contributed by atoms with Crippen molar-refractivity contribution >= 4 is 5.91 Å². The molecular formula is C17H24N4O2. The largest absolute Gasteiger partial charge is 0.393 e. The number of carbonyl (C=O) groups is 1. The van der Waals surface area contributed by atoms with Crippen LogP contribution in [0.2, 0.25) is 0 Å². The Morgan fingerprint density at radius 2 is 2.22 bits per heavy atom. The molecule has 0 spiro atoms. The Morgan fingerprint density at radius 1 is 1.43 bits per heavy atom. The standard InChI is InChI=1S/C17H24N4O2/c1-20(10-12-5-3-4-6-16(12)22)17(23)15-9-18-8-14(15)13-7-19-21(2)11-13/h7-9,11-12,16,18,22H,3-6,10H2,1-2H3. The molecule has 2 atom stereocenters. The summed E-state index contributed by atoms with van der Waals surface area (Å²) in [6.07, 6.45) is 11.0. The van der Waals surface area contributed by atoms with Gasteiger partial charge in [-0.25, -0.2) is 0 Å². The molecule has 0 radical (unpaired) electrons. The Labute approximate surface area is 136 Å². The maximum Gasteiger partial charge on any atom is 0.255 e. The van der Waals surface area contributed by atoms with Gasteiger partial charge in [0.05, 0.1) is 17.9 Å². The third-order valence-electron chi connectivity index (χ3n) is 4.72. The molecule has 1 aliphatic carbocycles. The monoisotopic (exact) mass is 316 g/mol. The number of aliphatic hydroxyl groups is 1. The van der Waals surface area contributed by atoms with E-state index in [1.807, 2.05) is 26.5 Å². The fourth-order valence-corrected chi connectivity index (χ4v) is 3.38. The number of carbonyl (C=O) groups excluding carboxylic acids is 1. The van der Waals surface area contributed by atoms with Gasteiger partial charge in [-0.15, -0.1) is 0 Å². The Morgan fingerprint density at radius 3 is 2.91 bits per heavy atom. The summed E-state index contributed by atoms with van der Waals surface area (Å²) in [5.41, 5.74) is 2.42. The van der Waals surface area contributed by atoms with Crippen molar-refractivity contribution in [2.24, 2.45) is 13.0 Å². The number of hydrogen-bond donors (Lipinski definition) is 2. The van der Waals surface area contributed by atoms with Crippen LogP contribution in [0.3, 0.4) is 0 Å². The fraction of sp³-hybridized carbons (Fsp3) is 0.529. The number of hydrogen-bond acceptors (Lipinski definition) is 3. The van der Waals surface area contributed by atoms with E-state index in [1.54, 1.807) is 22.0 Å². The topological polar surface area (TPSA) is 74.2 Å². The molecule has 2 aromatic heterocycles. The predicted octanol–water partition coefficient (Wildman–Crippen LogP) is 2.04. The van der Waals surface area contributed by atoms with Crippen LogP contribution in [0, 0.1) is 5.92 Å². The van der Waals surface area contributed by atoms with Crippen LogP contribution < -0.4 is 0 Å². The summed E-state index contributed by atoms with van der Waals surface area (Å²) in [5.74, 6) is 0.154. The summed E-state index contributed by atoms with van der Waals surface area (Å²) in [5, 5.41) is 14.3. The molecule has 6 heteroatoms. The molecule has 1 saturated carbocycles. The summed E-state index contributed by atoms with van der Waals surface area (Å²) in [6.45, 7) is 0.595. The van der Waals surface area contributed by atoms with Gasteiger partial charge >= 0.3 is 0 Å². The highest BCUT2D eigenvalue weighted by Gasteiger charge is 2.27. The van der Waals surface area contributed by atoms with Gasteiger partial charge in [0.1, 0.15) is 0 Å². The predicted molar refractivity (Wildman–Crippen MR) is 87.9 cm³/mol. The highest BCUT2D eigenvalue weighted by atomic mass is 16.3. The van der Waals surface area contributed by atoms with Crippen LogP contribution >= 0.6 is 0 Å². The summed E-state index contributed by atoms with van der Waals surface area (Å²) in [7, 11) is 3.66. The van der Waals surface area contributed by atoms with Crippen LogP contribution in [0.1, 0.15) is 36.0 Å². The molecule has 6 nitrogen and oxygen atoms in total. The Bertz CT molecular complexity index is 676. The minimum Gasteiger partial charge on any atom is -0.393 e. The molecule has 0 saturated heterocycles. The molecule has 0 aliphatic heterocycles. The highest BCUT2D eigenvalue weighted by molar-refractivity contribution is 6.00. The van der Waals surface area contributed by atoms with Crippen molar-refractivity contribution in [1.82, 2.24) is 19.7 Å². The molecule has 0 aromatic carbocycles. The van der Waals surface area contributed by atoms with Gasteiger partial charge in [0, 0.05) is 56.3 Å². The van der Waals surface area contributed by atoms with Gasteiger partial charge < -0.3 is 15.0 Å². The van der Waals surface area contributed by atoms with Gasteiger partial charge in [-0.2, -0.15) is 5.10 Å². The van der Waals surface area contributed by atoms with Crippen LogP contribution in [0.4, 0.5) is 0 Å². The molecule has 2 N–H and O–H groups in total.